The molecule has 11 aromatic rings. The van der Waals surface area contributed by atoms with E-state index in [0.29, 0.717) is 33.6 Å². The van der Waals surface area contributed by atoms with E-state index in [1.807, 2.05) is 72.8 Å². The molecule has 0 aliphatic carbocycles. The highest BCUT2D eigenvalue weighted by Gasteiger charge is 2.19. The number of fused-ring (bicyclic) bond motifs is 7. The van der Waals surface area contributed by atoms with Gasteiger partial charge < -0.3 is 8.98 Å². The van der Waals surface area contributed by atoms with Crippen LogP contribution in [0.2, 0.25) is 0 Å². The zero-order valence-corrected chi connectivity index (χ0v) is 28.8. The fraction of sp³-hybridized carbons (Fsp3) is 0. The van der Waals surface area contributed by atoms with Gasteiger partial charge in [0.1, 0.15) is 11.2 Å². The molecule has 0 radical (unpaired) electrons. The van der Waals surface area contributed by atoms with Crippen molar-refractivity contribution in [2.45, 2.75) is 0 Å². The highest BCUT2D eigenvalue weighted by Crippen LogP contribution is 2.40. The number of hydrogen-bond donors (Lipinski definition) is 0. The van der Waals surface area contributed by atoms with Crippen molar-refractivity contribution >= 4 is 54.6 Å². The maximum absolute atomic E-state index is 9.20. The average molecular weight is 694 g/mol. The van der Waals surface area contributed by atoms with Crippen LogP contribution in [0.25, 0.3) is 105 Å². The minimum absolute atomic E-state index is 0.121. The van der Waals surface area contributed by atoms with Crippen LogP contribution in [0.1, 0.15) is 5.48 Å². The molecule has 0 fully saturated rings. The molecule has 3 heterocycles. The summed E-state index contributed by atoms with van der Waals surface area (Å²) in [5.74, 6) is 0.395. The lowest BCUT2D eigenvalue weighted by atomic mass is 9.98. The predicted molar refractivity (Wildman–Crippen MR) is 223 cm³/mol. The van der Waals surface area contributed by atoms with Gasteiger partial charge in [-0.2, -0.15) is 0 Å². The van der Waals surface area contributed by atoms with Gasteiger partial charge in [-0.25, -0.2) is 9.97 Å². The van der Waals surface area contributed by atoms with Gasteiger partial charge in [0.15, 0.2) is 5.82 Å². The van der Waals surface area contributed by atoms with Crippen molar-refractivity contribution in [1.29, 1.82) is 0 Å². The first-order valence-corrected chi connectivity index (χ1v) is 17.9. The Morgan fingerprint density at radius 3 is 1.94 bits per heavy atom. The molecule has 54 heavy (non-hydrogen) atoms. The second-order valence-corrected chi connectivity index (χ2v) is 13.4. The minimum atomic E-state index is -0.157. The van der Waals surface area contributed by atoms with Crippen molar-refractivity contribution in [2.24, 2.45) is 0 Å². The van der Waals surface area contributed by atoms with E-state index in [2.05, 4.69) is 83.4 Å². The molecule has 0 atom stereocenters. The molecule has 0 saturated heterocycles. The second kappa shape index (κ2) is 12.1. The molecule has 0 bridgehead atoms. The molecule has 3 aromatic heterocycles. The van der Waals surface area contributed by atoms with Crippen molar-refractivity contribution in [3.63, 3.8) is 0 Å². The third-order valence-electron chi connectivity index (χ3n) is 10.3. The Labute approximate surface area is 316 Å². The van der Waals surface area contributed by atoms with E-state index in [9.17, 15) is 2.74 Å². The number of hydrogen-bond acceptors (Lipinski definition) is 3. The summed E-state index contributed by atoms with van der Waals surface area (Å²) in [5.41, 5.74) is 9.61. The van der Waals surface area contributed by atoms with Crippen molar-refractivity contribution in [3.8, 4) is 50.6 Å². The van der Waals surface area contributed by atoms with Gasteiger partial charge in [0.05, 0.1) is 27.7 Å². The first kappa shape index (κ1) is 26.5. The van der Waals surface area contributed by atoms with E-state index < -0.39 is 0 Å². The molecule has 0 amide bonds. The third-order valence-corrected chi connectivity index (χ3v) is 10.3. The van der Waals surface area contributed by atoms with Crippen molar-refractivity contribution < 1.29 is 9.90 Å². The van der Waals surface area contributed by atoms with E-state index in [-0.39, 0.29) is 35.3 Å². The van der Waals surface area contributed by atoms with Gasteiger partial charge in [-0.15, -0.1) is 0 Å². The predicted octanol–water partition coefficient (Wildman–Crippen LogP) is 13.3. The number of furan rings is 1. The molecule has 4 nitrogen and oxygen atoms in total. The van der Waals surface area contributed by atoms with Crippen LogP contribution in [0.4, 0.5) is 0 Å². The standard InChI is InChI=1S/C50H31N3O/c1-3-12-32(13-4-1)33-22-24-34(25-23-33)49-39-17-7-9-19-43(39)51-50(52-49)40-18-11-21-47-48(40)42-31-36(27-29-46(42)54-47)35-26-28-45-41(30-35)38-16-8-10-20-44(38)53(45)37-14-5-2-6-15-37/h1-31H/i22D,23D,24D,25D. The lowest BCUT2D eigenvalue weighted by molar-refractivity contribution is 0.669. The van der Waals surface area contributed by atoms with Crippen LogP contribution in [0, 0.1) is 0 Å². The van der Waals surface area contributed by atoms with Gasteiger partial charge in [-0.3, -0.25) is 0 Å². The molecule has 252 valence electrons. The lowest BCUT2D eigenvalue weighted by Crippen LogP contribution is -1.95. The summed E-state index contributed by atoms with van der Waals surface area (Å²) in [6.45, 7) is 0. The molecule has 0 aliphatic rings. The number of nitrogens with zero attached hydrogens (tertiary/aromatic N) is 3. The second-order valence-electron chi connectivity index (χ2n) is 13.4. The van der Waals surface area contributed by atoms with E-state index in [0.717, 1.165) is 55.2 Å². The van der Waals surface area contributed by atoms with Gasteiger partial charge in [-0.1, -0.05) is 133 Å². The quantitative estimate of drug-likeness (QED) is 0.180. The smallest absolute Gasteiger partial charge is 0.161 e. The van der Waals surface area contributed by atoms with E-state index in [4.69, 9.17) is 17.1 Å². The van der Waals surface area contributed by atoms with Gasteiger partial charge in [0.25, 0.3) is 0 Å². The maximum atomic E-state index is 9.20. The molecule has 4 heteroatoms. The first-order chi connectivity index (χ1) is 28.4. The molecule has 8 aromatic carbocycles. The average Bonchev–Trinajstić information content (AvgIpc) is 3.81. The van der Waals surface area contributed by atoms with E-state index in [1.54, 1.807) is 12.1 Å². The Kier molecular flexibility index (Phi) is 5.95. The Bertz CT molecular complexity index is 3420. The Morgan fingerprint density at radius 2 is 1.11 bits per heavy atom. The Balaban J connectivity index is 1.10. The van der Waals surface area contributed by atoms with Crippen LogP contribution in [0.15, 0.2) is 192 Å². The SMILES string of the molecule is [2H]c1c([2H])c(-c2nc(-c3cccc4oc5ccc(-c6ccc7c(c6)c6ccccc6n7-c6ccccc6)cc5c34)nc3ccccc23)c([2H])c([2H])c1-c1ccccc1. The largest absolute Gasteiger partial charge is 0.456 e. The highest BCUT2D eigenvalue weighted by molar-refractivity contribution is 6.14. The number of rotatable bonds is 5. The normalized spacial score (nSPS) is 12.7. The fourth-order valence-corrected chi connectivity index (χ4v) is 7.77. The summed E-state index contributed by atoms with van der Waals surface area (Å²) >= 11 is 0. The highest BCUT2D eigenvalue weighted by atomic mass is 16.3. The van der Waals surface area contributed by atoms with Crippen molar-refractivity contribution in [2.75, 3.05) is 0 Å². The van der Waals surface area contributed by atoms with Gasteiger partial charge >= 0.3 is 0 Å². The van der Waals surface area contributed by atoms with Gasteiger partial charge in [0.2, 0.25) is 0 Å². The molecule has 0 saturated carbocycles. The van der Waals surface area contributed by atoms with Crippen LogP contribution in [0.5, 0.6) is 0 Å². The molecule has 0 aliphatic heterocycles. The molecule has 0 spiro atoms. The van der Waals surface area contributed by atoms with E-state index >= 15 is 0 Å². The number of para-hydroxylation sites is 3. The van der Waals surface area contributed by atoms with E-state index in [1.165, 1.54) is 5.39 Å². The van der Waals surface area contributed by atoms with Gasteiger partial charge in [-0.05, 0) is 76.9 Å². The summed E-state index contributed by atoms with van der Waals surface area (Å²) < 4.78 is 45.2. The molecule has 0 N–H and O–H groups in total. The topological polar surface area (TPSA) is 43.9 Å². The molecular formula is C50H31N3O. The van der Waals surface area contributed by atoms with Crippen LogP contribution in [0.3, 0.4) is 0 Å². The Morgan fingerprint density at radius 1 is 0.444 bits per heavy atom. The first-order valence-electron chi connectivity index (χ1n) is 19.9. The summed E-state index contributed by atoms with van der Waals surface area (Å²) in [6.07, 6.45) is 0. The molecular weight excluding hydrogens is 659 g/mol. The van der Waals surface area contributed by atoms with Crippen LogP contribution in [-0.2, 0) is 0 Å². The van der Waals surface area contributed by atoms with Crippen molar-refractivity contribution in [3.05, 3.63) is 188 Å². The molecule has 0 unspecified atom stereocenters. The monoisotopic (exact) mass is 693 g/mol. The number of aromatic nitrogens is 3. The number of benzene rings is 8. The minimum Gasteiger partial charge on any atom is -0.456 e. The molecule has 11 rings (SSSR count). The van der Waals surface area contributed by atoms with Gasteiger partial charge in [0, 0.05) is 43.7 Å². The van der Waals surface area contributed by atoms with Crippen LogP contribution in [-0.4, -0.2) is 14.5 Å². The summed E-state index contributed by atoms with van der Waals surface area (Å²) in [4.78, 5) is 10.1. The third kappa shape index (κ3) is 4.85. The fourth-order valence-electron chi connectivity index (χ4n) is 7.77. The summed E-state index contributed by atoms with van der Waals surface area (Å²) in [5, 5.41) is 4.74. The van der Waals surface area contributed by atoms with Crippen molar-refractivity contribution in [1.82, 2.24) is 14.5 Å². The zero-order chi connectivity index (χ0) is 39.1. The Hall–Kier alpha value is -7.30. The van der Waals surface area contributed by atoms with Crippen LogP contribution >= 0.6 is 0 Å². The zero-order valence-electron chi connectivity index (χ0n) is 32.8. The van der Waals surface area contributed by atoms with Crippen LogP contribution < -0.4 is 0 Å². The lowest BCUT2D eigenvalue weighted by Gasteiger charge is -2.11. The summed E-state index contributed by atoms with van der Waals surface area (Å²) in [6, 6.07) is 53.7. The maximum Gasteiger partial charge on any atom is 0.161 e. The summed E-state index contributed by atoms with van der Waals surface area (Å²) in [7, 11) is 0.